The highest BCUT2D eigenvalue weighted by atomic mass is 35.5. The molecule has 86 valence electrons. The maximum atomic E-state index is 8.96. The molecule has 0 aliphatic rings. The predicted molar refractivity (Wildman–Crippen MR) is 68.7 cm³/mol. The molecule has 2 nitrogen and oxygen atoms in total. The van der Waals surface area contributed by atoms with Crippen molar-refractivity contribution in [3.05, 3.63) is 28.8 Å². The molecule has 0 atom stereocenters. The van der Waals surface area contributed by atoms with Crippen LogP contribution < -0.4 is 5.32 Å². The molecule has 0 fully saturated rings. The summed E-state index contributed by atoms with van der Waals surface area (Å²) in [5.74, 6) is 0. The van der Waals surface area contributed by atoms with Crippen molar-refractivity contribution in [3.8, 4) is 6.07 Å². The lowest BCUT2D eigenvalue weighted by Gasteiger charge is -2.24. The largest absolute Gasteiger partial charge is 0.383 e. The van der Waals surface area contributed by atoms with Crippen molar-refractivity contribution >= 4 is 17.3 Å². The number of nitriles is 1. The molecule has 1 aromatic rings. The molecular weight excluding hydrogens is 220 g/mol. The number of hydrogen-bond acceptors (Lipinski definition) is 2. The van der Waals surface area contributed by atoms with Gasteiger partial charge in [0.15, 0.2) is 0 Å². The first-order valence-corrected chi connectivity index (χ1v) is 5.80. The lowest BCUT2D eigenvalue weighted by Crippen LogP contribution is -2.22. The van der Waals surface area contributed by atoms with Crippen LogP contribution in [0.1, 0.15) is 32.8 Å². The second-order valence-electron chi connectivity index (χ2n) is 4.67. The topological polar surface area (TPSA) is 35.8 Å². The van der Waals surface area contributed by atoms with Crippen molar-refractivity contribution in [2.45, 2.75) is 27.2 Å². The highest BCUT2D eigenvalue weighted by Crippen LogP contribution is 2.24. The van der Waals surface area contributed by atoms with Crippen LogP contribution in [0.2, 0.25) is 5.02 Å². The van der Waals surface area contributed by atoms with Crippen molar-refractivity contribution in [1.82, 2.24) is 0 Å². The van der Waals surface area contributed by atoms with Crippen molar-refractivity contribution in [1.29, 1.82) is 5.26 Å². The molecule has 1 aromatic carbocycles. The number of rotatable bonds is 4. The Morgan fingerprint density at radius 1 is 1.44 bits per heavy atom. The summed E-state index contributed by atoms with van der Waals surface area (Å²) >= 11 is 5.91. The number of nitrogens with zero attached hydrogens (tertiary/aromatic N) is 1. The summed E-state index contributed by atoms with van der Waals surface area (Å²) in [7, 11) is 0. The summed E-state index contributed by atoms with van der Waals surface area (Å²) in [4.78, 5) is 0. The average molecular weight is 237 g/mol. The summed E-state index contributed by atoms with van der Waals surface area (Å²) < 4.78 is 0. The van der Waals surface area contributed by atoms with Crippen molar-refractivity contribution in [2.75, 3.05) is 11.9 Å². The third-order valence-electron chi connectivity index (χ3n) is 2.82. The molecule has 16 heavy (non-hydrogen) atoms. The van der Waals surface area contributed by atoms with Crippen molar-refractivity contribution in [3.63, 3.8) is 0 Å². The summed E-state index contributed by atoms with van der Waals surface area (Å²) in [6.07, 6.45) is 1.09. The normalized spacial score (nSPS) is 10.9. The maximum absolute atomic E-state index is 8.96. The number of anilines is 1. The van der Waals surface area contributed by atoms with Crippen molar-refractivity contribution < 1.29 is 0 Å². The molecule has 0 saturated heterocycles. The molecule has 0 amide bonds. The first-order chi connectivity index (χ1) is 7.48. The molecule has 1 N–H and O–H groups in total. The van der Waals surface area contributed by atoms with Crippen LogP contribution in [0.25, 0.3) is 0 Å². The number of benzene rings is 1. The Balaban J connectivity index is 2.81. The molecule has 0 heterocycles. The van der Waals surface area contributed by atoms with Gasteiger partial charge >= 0.3 is 0 Å². The Hall–Kier alpha value is -1.20. The SMILES string of the molecule is CCC(C)(C)CNc1cc(Cl)ccc1C#N. The van der Waals surface area contributed by atoms with Crippen LogP contribution in [0.5, 0.6) is 0 Å². The van der Waals surface area contributed by atoms with Crippen LogP contribution in [0, 0.1) is 16.7 Å². The van der Waals surface area contributed by atoms with Gasteiger partial charge in [0.25, 0.3) is 0 Å². The summed E-state index contributed by atoms with van der Waals surface area (Å²) in [5.41, 5.74) is 1.67. The van der Waals surface area contributed by atoms with Crippen LogP contribution in [0.15, 0.2) is 18.2 Å². The van der Waals surface area contributed by atoms with E-state index < -0.39 is 0 Å². The van der Waals surface area contributed by atoms with E-state index in [0.29, 0.717) is 10.6 Å². The lowest BCUT2D eigenvalue weighted by molar-refractivity contribution is 0.377. The van der Waals surface area contributed by atoms with Gasteiger partial charge in [-0.25, -0.2) is 0 Å². The zero-order valence-corrected chi connectivity index (χ0v) is 10.7. The molecule has 3 heteroatoms. The smallest absolute Gasteiger partial charge is 0.101 e. The average Bonchev–Trinajstić information content (AvgIpc) is 2.27. The van der Waals surface area contributed by atoms with Gasteiger partial charge in [-0.3, -0.25) is 0 Å². The van der Waals surface area contributed by atoms with E-state index in [-0.39, 0.29) is 5.41 Å². The Labute approximate surface area is 102 Å². The molecular formula is C13H17ClN2. The maximum Gasteiger partial charge on any atom is 0.101 e. The Morgan fingerprint density at radius 3 is 2.69 bits per heavy atom. The van der Waals surface area contributed by atoms with Gasteiger partial charge in [0.1, 0.15) is 6.07 Å². The number of halogens is 1. The molecule has 0 saturated carbocycles. The molecule has 0 aromatic heterocycles. The van der Waals surface area contributed by atoms with Crippen LogP contribution >= 0.6 is 11.6 Å². The van der Waals surface area contributed by atoms with E-state index in [0.717, 1.165) is 18.7 Å². The summed E-state index contributed by atoms with van der Waals surface area (Å²) in [6.45, 7) is 7.37. The molecule has 0 radical (unpaired) electrons. The second kappa shape index (κ2) is 5.23. The minimum Gasteiger partial charge on any atom is -0.383 e. The van der Waals surface area contributed by atoms with Gasteiger partial charge in [0, 0.05) is 11.6 Å². The van der Waals surface area contributed by atoms with Crippen LogP contribution in [0.4, 0.5) is 5.69 Å². The van der Waals surface area contributed by atoms with E-state index in [2.05, 4.69) is 32.2 Å². The van der Waals surface area contributed by atoms with Gasteiger partial charge in [-0.15, -0.1) is 0 Å². The van der Waals surface area contributed by atoms with E-state index in [9.17, 15) is 0 Å². The van der Waals surface area contributed by atoms with E-state index in [1.165, 1.54) is 0 Å². The minimum atomic E-state index is 0.217. The third kappa shape index (κ3) is 3.43. The molecule has 0 aliphatic heterocycles. The van der Waals surface area contributed by atoms with Gasteiger partial charge in [-0.2, -0.15) is 5.26 Å². The Kier molecular flexibility index (Phi) is 4.20. The van der Waals surface area contributed by atoms with E-state index >= 15 is 0 Å². The fraction of sp³-hybridized carbons (Fsp3) is 0.462. The quantitative estimate of drug-likeness (QED) is 0.856. The van der Waals surface area contributed by atoms with Crippen LogP contribution in [0.3, 0.4) is 0 Å². The molecule has 0 spiro atoms. The van der Waals surface area contributed by atoms with E-state index in [1.807, 2.05) is 0 Å². The minimum absolute atomic E-state index is 0.217. The highest BCUT2D eigenvalue weighted by molar-refractivity contribution is 6.30. The first-order valence-electron chi connectivity index (χ1n) is 5.42. The fourth-order valence-electron chi connectivity index (χ4n) is 1.22. The number of nitrogens with one attached hydrogen (secondary N) is 1. The van der Waals surface area contributed by atoms with Gasteiger partial charge in [-0.1, -0.05) is 32.4 Å². The van der Waals surface area contributed by atoms with E-state index in [1.54, 1.807) is 18.2 Å². The first kappa shape index (κ1) is 12.9. The molecule has 0 bridgehead atoms. The van der Waals surface area contributed by atoms with Crippen LogP contribution in [-0.4, -0.2) is 6.54 Å². The zero-order valence-electron chi connectivity index (χ0n) is 9.97. The van der Waals surface area contributed by atoms with Gasteiger partial charge < -0.3 is 5.32 Å². The lowest BCUT2D eigenvalue weighted by atomic mass is 9.90. The Morgan fingerprint density at radius 2 is 2.12 bits per heavy atom. The highest BCUT2D eigenvalue weighted by Gasteiger charge is 2.15. The zero-order chi connectivity index (χ0) is 12.2. The van der Waals surface area contributed by atoms with Gasteiger partial charge in [-0.05, 0) is 30.0 Å². The van der Waals surface area contributed by atoms with Gasteiger partial charge in [0.2, 0.25) is 0 Å². The predicted octanol–water partition coefficient (Wildman–Crippen LogP) is 4.06. The second-order valence-corrected chi connectivity index (χ2v) is 5.11. The molecule has 0 aliphatic carbocycles. The summed E-state index contributed by atoms with van der Waals surface area (Å²) in [5, 5.41) is 12.9. The molecule has 1 rings (SSSR count). The van der Waals surface area contributed by atoms with Gasteiger partial charge in [0.05, 0.1) is 11.3 Å². The monoisotopic (exact) mass is 236 g/mol. The van der Waals surface area contributed by atoms with Crippen molar-refractivity contribution in [2.24, 2.45) is 5.41 Å². The third-order valence-corrected chi connectivity index (χ3v) is 3.05. The fourth-order valence-corrected chi connectivity index (χ4v) is 1.39. The molecule has 0 unspecified atom stereocenters. The van der Waals surface area contributed by atoms with Crippen LogP contribution in [-0.2, 0) is 0 Å². The summed E-state index contributed by atoms with van der Waals surface area (Å²) in [6, 6.07) is 7.43. The number of hydrogen-bond donors (Lipinski definition) is 1. The standard InChI is InChI=1S/C13H17ClN2/c1-4-13(2,3)9-16-12-7-11(14)6-5-10(12)8-15/h5-7,16H,4,9H2,1-3H3. The van der Waals surface area contributed by atoms with E-state index in [4.69, 9.17) is 16.9 Å². The Bertz CT molecular complexity index is 405.